The lowest BCUT2D eigenvalue weighted by Gasteiger charge is -2.28. The highest BCUT2D eigenvalue weighted by molar-refractivity contribution is 5.49. The number of phenolic OH excluding ortho intramolecular Hbond substituents is 1. The van der Waals surface area contributed by atoms with E-state index in [0.717, 1.165) is 29.7 Å². The molecule has 0 aliphatic carbocycles. The van der Waals surface area contributed by atoms with E-state index in [-0.39, 0.29) is 10.8 Å². The van der Waals surface area contributed by atoms with Gasteiger partial charge in [-0.25, -0.2) is 0 Å². The van der Waals surface area contributed by atoms with E-state index in [1.54, 1.807) is 0 Å². The van der Waals surface area contributed by atoms with Crippen molar-refractivity contribution in [3.8, 4) is 5.75 Å². The summed E-state index contributed by atoms with van der Waals surface area (Å²) in [5, 5.41) is 10.7. The van der Waals surface area contributed by atoms with Crippen molar-refractivity contribution in [2.24, 2.45) is 0 Å². The molecule has 2 nitrogen and oxygen atoms in total. The summed E-state index contributed by atoms with van der Waals surface area (Å²) >= 11 is 0. The number of unbranched alkanes of at least 4 members (excludes halogenated alkanes) is 3. The van der Waals surface area contributed by atoms with Crippen LogP contribution in [0.15, 0.2) is 12.1 Å². The third kappa shape index (κ3) is 6.18. The lowest BCUT2D eigenvalue weighted by molar-refractivity contribution is 0.116. The number of hydrogen-bond donors (Lipinski definition) is 1. The summed E-state index contributed by atoms with van der Waals surface area (Å²) in [5.41, 5.74) is 3.01. The maximum Gasteiger partial charge on any atom is 0.123 e. The number of benzene rings is 1. The molecule has 0 radical (unpaired) electrons. The Bertz CT molecular complexity index is 455. The summed E-state index contributed by atoms with van der Waals surface area (Å²) in [7, 11) is 0. The summed E-state index contributed by atoms with van der Waals surface area (Å²) in [6, 6.07) is 4.22. The van der Waals surface area contributed by atoms with Crippen LogP contribution in [0.2, 0.25) is 0 Å². The van der Waals surface area contributed by atoms with Gasteiger partial charge in [0.1, 0.15) is 5.75 Å². The molecule has 0 saturated heterocycles. The van der Waals surface area contributed by atoms with E-state index in [2.05, 4.69) is 60.6 Å². The average Bonchev–Trinajstić information content (AvgIpc) is 2.41. The van der Waals surface area contributed by atoms with E-state index in [1.807, 2.05) is 0 Å². The van der Waals surface area contributed by atoms with Crippen LogP contribution in [0, 0.1) is 0 Å². The molecule has 0 atom stereocenters. The zero-order chi connectivity index (χ0) is 17.7. The predicted octanol–water partition coefficient (Wildman–Crippen LogP) is 6.08. The van der Waals surface area contributed by atoms with Gasteiger partial charge >= 0.3 is 0 Å². The molecule has 1 aromatic rings. The number of ether oxygens (including phenoxy) is 1. The van der Waals surface area contributed by atoms with Crippen LogP contribution in [0.25, 0.3) is 0 Å². The zero-order valence-corrected chi connectivity index (χ0v) is 16.3. The largest absolute Gasteiger partial charge is 0.507 e. The fraction of sp³-hybridized carbons (Fsp3) is 0.714. The normalized spacial score (nSPS) is 12.7. The topological polar surface area (TPSA) is 29.5 Å². The van der Waals surface area contributed by atoms with Gasteiger partial charge in [-0.2, -0.15) is 0 Å². The van der Waals surface area contributed by atoms with Crippen molar-refractivity contribution in [3.05, 3.63) is 28.8 Å². The SMILES string of the molecule is CCCCCCOCc1cc(C(C)(C)C)c(O)c(C(C)(C)C)c1. The molecule has 1 N–H and O–H groups in total. The summed E-state index contributed by atoms with van der Waals surface area (Å²) < 4.78 is 5.86. The van der Waals surface area contributed by atoms with Gasteiger partial charge in [-0.3, -0.25) is 0 Å². The summed E-state index contributed by atoms with van der Waals surface area (Å²) in [6.07, 6.45) is 4.91. The molecule has 1 aromatic carbocycles. The van der Waals surface area contributed by atoms with Crippen LogP contribution in [0.5, 0.6) is 5.75 Å². The molecule has 0 bridgehead atoms. The van der Waals surface area contributed by atoms with Crippen molar-refractivity contribution in [2.75, 3.05) is 6.61 Å². The molecule has 1 rings (SSSR count). The molecular weight excluding hydrogens is 284 g/mol. The van der Waals surface area contributed by atoms with E-state index in [9.17, 15) is 5.11 Å². The Morgan fingerprint density at radius 3 is 1.83 bits per heavy atom. The minimum Gasteiger partial charge on any atom is -0.507 e. The molecule has 0 aliphatic heterocycles. The molecule has 0 aliphatic rings. The van der Waals surface area contributed by atoms with Crippen molar-refractivity contribution >= 4 is 0 Å². The van der Waals surface area contributed by atoms with Crippen LogP contribution in [-0.4, -0.2) is 11.7 Å². The molecule has 23 heavy (non-hydrogen) atoms. The molecule has 0 heterocycles. The molecular formula is C21H36O2. The van der Waals surface area contributed by atoms with Gasteiger partial charge in [0, 0.05) is 6.61 Å². The number of phenols is 1. The Balaban J connectivity index is 2.91. The fourth-order valence-corrected chi connectivity index (χ4v) is 2.74. The first-order valence-corrected chi connectivity index (χ1v) is 9.02. The van der Waals surface area contributed by atoms with Crippen LogP contribution in [0.3, 0.4) is 0 Å². The average molecular weight is 321 g/mol. The molecule has 0 saturated carbocycles. The van der Waals surface area contributed by atoms with Gasteiger partial charge in [0.05, 0.1) is 6.61 Å². The Morgan fingerprint density at radius 2 is 1.39 bits per heavy atom. The quantitative estimate of drug-likeness (QED) is 0.616. The smallest absolute Gasteiger partial charge is 0.123 e. The second-order valence-corrected chi connectivity index (χ2v) is 8.65. The van der Waals surface area contributed by atoms with Crippen LogP contribution in [0.4, 0.5) is 0 Å². The van der Waals surface area contributed by atoms with Crippen LogP contribution < -0.4 is 0 Å². The summed E-state index contributed by atoms with van der Waals surface area (Å²) in [5.74, 6) is 0.441. The minimum absolute atomic E-state index is 0.0821. The number of aromatic hydroxyl groups is 1. The van der Waals surface area contributed by atoms with Gasteiger partial charge in [-0.1, -0.05) is 67.7 Å². The Labute approximate surface area is 143 Å². The predicted molar refractivity (Wildman–Crippen MR) is 99.3 cm³/mol. The van der Waals surface area contributed by atoms with Crippen LogP contribution in [0.1, 0.15) is 90.8 Å². The Kier molecular flexibility index (Phi) is 7.13. The second-order valence-electron chi connectivity index (χ2n) is 8.65. The Morgan fingerprint density at radius 1 is 0.870 bits per heavy atom. The highest BCUT2D eigenvalue weighted by Crippen LogP contribution is 2.39. The highest BCUT2D eigenvalue weighted by Gasteiger charge is 2.26. The first-order chi connectivity index (χ1) is 10.6. The standard InChI is InChI=1S/C21H36O2/c1-8-9-10-11-12-23-15-16-13-17(20(2,3)4)19(22)18(14-16)21(5,6)7/h13-14,22H,8-12,15H2,1-7H3. The molecule has 0 amide bonds. The molecule has 0 fully saturated rings. The van der Waals surface area contributed by atoms with E-state index in [4.69, 9.17) is 4.74 Å². The third-order valence-electron chi connectivity index (χ3n) is 4.20. The molecule has 0 spiro atoms. The maximum atomic E-state index is 10.7. The van der Waals surface area contributed by atoms with Gasteiger partial charge in [0.15, 0.2) is 0 Å². The van der Waals surface area contributed by atoms with Gasteiger partial charge < -0.3 is 9.84 Å². The van der Waals surface area contributed by atoms with Gasteiger partial charge in [-0.15, -0.1) is 0 Å². The van der Waals surface area contributed by atoms with E-state index in [1.165, 1.54) is 19.3 Å². The number of rotatable bonds is 7. The first kappa shape index (κ1) is 20.0. The molecule has 132 valence electrons. The first-order valence-electron chi connectivity index (χ1n) is 9.02. The molecule has 2 heteroatoms. The monoisotopic (exact) mass is 320 g/mol. The van der Waals surface area contributed by atoms with Crippen molar-refractivity contribution in [1.29, 1.82) is 0 Å². The third-order valence-corrected chi connectivity index (χ3v) is 4.20. The van der Waals surface area contributed by atoms with E-state index in [0.29, 0.717) is 12.4 Å². The fourth-order valence-electron chi connectivity index (χ4n) is 2.74. The van der Waals surface area contributed by atoms with Gasteiger partial charge in [-0.05, 0) is 46.1 Å². The van der Waals surface area contributed by atoms with E-state index < -0.39 is 0 Å². The lowest BCUT2D eigenvalue weighted by atomic mass is 9.78. The minimum atomic E-state index is -0.0821. The van der Waals surface area contributed by atoms with Crippen molar-refractivity contribution in [2.45, 2.75) is 91.6 Å². The highest BCUT2D eigenvalue weighted by atomic mass is 16.5. The molecule has 0 aromatic heterocycles. The lowest BCUT2D eigenvalue weighted by Crippen LogP contribution is -2.18. The van der Waals surface area contributed by atoms with Gasteiger partial charge in [0.2, 0.25) is 0 Å². The van der Waals surface area contributed by atoms with Gasteiger partial charge in [0.25, 0.3) is 0 Å². The molecule has 0 unspecified atom stereocenters. The van der Waals surface area contributed by atoms with Crippen molar-refractivity contribution in [3.63, 3.8) is 0 Å². The number of hydrogen-bond acceptors (Lipinski definition) is 2. The maximum absolute atomic E-state index is 10.7. The van der Waals surface area contributed by atoms with Crippen molar-refractivity contribution < 1.29 is 9.84 Å². The van der Waals surface area contributed by atoms with Crippen molar-refractivity contribution in [1.82, 2.24) is 0 Å². The summed E-state index contributed by atoms with van der Waals surface area (Å²) in [6.45, 7) is 16.5. The Hall–Kier alpha value is -1.02. The zero-order valence-electron chi connectivity index (χ0n) is 16.3. The summed E-state index contributed by atoms with van der Waals surface area (Å²) in [4.78, 5) is 0. The van der Waals surface area contributed by atoms with Crippen LogP contribution in [-0.2, 0) is 22.2 Å². The van der Waals surface area contributed by atoms with E-state index >= 15 is 0 Å². The second kappa shape index (κ2) is 8.19. The van der Waals surface area contributed by atoms with Crippen LogP contribution >= 0.6 is 0 Å².